The molecule has 0 aliphatic heterocycles. The number of furan rings is 1. The van der Waals surface area contributed by atoms with E-state index >= 15 is 0 Å². The quantitative estimate of drug-likeness (QED) is 0.453. The molecule has 2 heteroatoms. The van der Waals surface area contributed by atoms with Gasteiger partial charge in [-0.15, -0.1) is 0 Å². The maximum atomic E-state index is 10.9. The number of ketones is 1. The van der Waals surface area contributed by atoms with Crippen molar-refractivity contribution in [3.8, 4) is 0 Å². The van der Waals surface area contributed by atoms with Crippen LogP contribution in [-0.4, -0.2) is 5.78 Å². The van der Waals surface area contributed by atoms with Crippen molar-refractivity contribution in [2.45, 2.75) is 71.1 Å². The minimum atomic E-state index is 0.316. The number of hydrogen-bond acceptors (Lipinski definition) is 2. The SMILES string of the molecule is CC(=O)CCCCCCCCc1ccc(CCc2ccccc2)o1. The molecule has 0 fully saturated rings. The fraction of sp³-hybridized carbons (Fsp3) is 0.500. The van der Waals surface area contributed by atoms with E-state index in [9.17, 15) is 4.79 Å². The zero-order chi connectivity index (χ0) is 17.0. The molecule has 0 radical (unpaired) electrons. The average Bonchev–Trinajstić information content (AvgIpc) is 3.04. The van der Waals surface area contributed by atoms with E-state index in [0.29, 0.717) is 5.78 Å². The van der Waals surface area contributed by atoms with E-state index in [1.165, 1.54) is 37.7 Å². The van der Waals surface area contributed by atoms with Crippen LogP contribution in [0.4, 0.5) is 0 Å². The molecule has 2 aromatic rings. The lowest BCUT2D eigenvalue weighted by molar-refractivity contribution is -0.117. The zero-order valence-corrected chi connectivity index (χ0v) is 14.9. The fourth-order valence-corrected chi connectivity index (χ4v) is 2.98. The number of hydrogen-bond donors (Lipinski definition) is 0. The van der Waals surface area contributed by atoms with Crippen molar-refractivity contribution in [2.75, 3.05) is 0 Å². The lowest BCUT2D eigenvalue weighted by atomic mass is 10.1. The van der Waals surface area contributed by atoms with Crippen LogP contribution in [-0.2, 0) is 24.1 Å². The standard InChI is InChI=1S/C22H30O2/c1-19(23)11-7-4-2-3-5-10-14-21-17-18-22(24-21)16-15-20-12-8-6-9-13-20/h6,8-9,12-13,17-18H,2-5,7,10-11,14-16H2,1H3. The van der Waals surface area contributed by atoms with Crippen molar-refractivity contribution in [3.05, 3.63) is 59.5 Å². The summed E-state index contributed by atoms with van der Waals surface area (Å²) in [6.45, 7) is 1.68. The Kier molecular flexibility index (Phi) is 8.37. The third kappa shape index (κ3) is 7.63. The van der Waals surface area contributed by atoms with E-state index in [4.69, 9.17) is 4.42 Å². The van der Waals surface area contributed by atoms with Gasteiger partial charge in [-0.25, -0.2) is 0 Å². The Morgan fingerprint density at radius 2 is 1.38 bits per heavy atom. The van der Waals surface area contributed by atoms with Crippen LogP contribution < -0.4 is 0 Å². The molecule has 0 atom stereocenters. The molecule has 0 aliphatic rings. The van der Waals surface area contributed by atoms with Crippen LogP contribution in [0, 0.1) is 0 Å². The van der Waals surface area contributed by atoms with Gasteiger partial charge in [-0.1, -0.05) is 56.0 Å². The number of carbonyl (C=O) groups excluding carboxylic acids is 1. The van der Waals surface area contributed by atoms with Crippen LogP contribution in [0.2, 0.25) is 0 Å². The van der Waals surface area contributed by atoms with E-state index in [0.717, 1.165) is 43.6 Å². The molecule has 24 heavy (non-hydrogen) atoms. The Balaban J connectivity index is 1.54. The van der Waals surface area contributed by atoms with Crippen LogP contribution in [0.3, 0.4) is 0 Å². The molecular formula is C22H30O2. The van der Waals surface area contributed by atoms with Crippen molar-refractivity contribution < 1.29 is 9.21 Å². The minimum Gasteiger partial charge on any atom is -0.466 e. The summed E-state index contributed by atoms with van der Waals surface area (Å²) < 4.78 is 5.94. The van der Waals surface area contributed by atoms with Gasteiger partial charge in [-0.2, -0.15) is 0 Å². The van der Waals surface area contributed by atoms with Gasteiger partial charge >= 0.3 is 0 Å². The summed E-state index contributed by atoms with van der Waals surface area (Å²) in [6, 6.07) is 14.8. The number of aryl methyl sites for hydroxylation is 3. The van der Waals surface area contributed by atoms with Gasteiger partial charge in [-0.05, 0) is 43.9 Å². The van der Waals surface area contributed by atoms with Crippen molar-refractivity contribution in [1.29, 1.82) is 0 Å². The third-order valence-corrected chi connectivity index (χ3v) is 4.42. The molecule has 0 amide bonds. The van der Waals surface area contributed by atoms with E-state index < -0.39 is 0 Å². The maximum absolute atomic E-state index is 10.9. The predicted octanol–water partition coefficient (Wildman–Crippen LogP) is 5.93. The van der Waals surface area contributed by atoms with Gasteiger partial charge in [0.05, 0.1) is 0 Å². The molecule has 0 unspecified atom stereocenters. The molecule has 0 saturated heterocycles. The molecule has 0 N–H and O–H groups in total. The van der Waals surface area contributed by atoms with Crippen LogP contribution in [0.15, 0.2) is 46.9 Å². The molecule has 0 aliphatic carbocycles. The van der Waals surface area contributed by atoms with Crippen molar-refractivity contribution in [2.24, 2.45) is 0 Å². The number of rotatable bonds is 12. The smallest absolute Gasteiger partial charge is 0.129 e. The second-order valence-electron chi connectivity index (χ2n) is 6.68. The number of carbonyl (C=O) groups is 1. The minimum absolute atomic E-state index is 0.316. The van der Waals surface area contributed by atoms with E-state index in [1.54, 1.807) is 6.92 Å². The summed E-state index contributed by atoms with van der Waals surface area (Å²) >= 11 is 0. The second-order valence-corrected chi connectivity index (χ2v) is 6.68. The highest BCUT2D eigenvalue weighted by Gasteiger charge is 2.03. The Hall–Kier alpha value is -1.83. The maximum Gasteiger partial charge on any atom is 0.129 e. The highest BCUT2D eigenvalue weighted by atomic mass is 16.3. The fourth-order valence-electron chi connectivity index (χ4n) is 2.98. The largest absolute Gasteiger partial charge is 0.466 e. The Labute approximate surface area is 146 Å². The normalized spacial score (nSPS) is 10.9. The van der Waals surface area contributed by atoms with E-state index in [2.05, 4.69) is 42.5 Å². The van der Waals surface area contributed by atoms with Gasteiger partial charge < -0.3 is 9.21 Å². The summed E-state index contributed by atoms with van der Waals surface area (Å²) in [5, 5.41) is 0. The van der Waals surface area contributed by atoms with Crippen molar-refractivity contribution >= 4 is 5.78 Å². The first kappa shape index (κ1) is 18.5. The lowest BCUT2D eigenvalue weighted by Gasteiger charge is -2.01. The average molecular weight is 326 g/mol. The van der Waals surface area contributed by atoms with Gasteiger partial charge in [0.2, 0.25) is 0 Å². The molecule has 1 aromatic heterocycles. The molecule has 2 rings (SSSR count). The first-order valence-electron chi connectivity index (χ1n) is 9.35. The van der Waals surface area contributed by atoms with Gasteiger partial charge in [0.15, 0.2) is 0 Å². The van der Waals surface area contributed by atoms with Gasteiger partial charge in [-0.3, -0.25) is 0 Å². The van der Waals surface area contributed by atoms with Gasteiger partial charge in [0.25, 0.3) is 0 Å². The highest BCUT2D eigenvalue weighted by Crippen LogP contribution is 2.15. The first-order valence-corrected chi connectivity index (χ1v) is 9.35. The van der Waals surface area contributed by atoms with E-state index in [1.807, 2.05) is 0 Å². The topological polar surface area (TPSA) is 30.2 Å². The molecule has 1 heterocycles. The summed E-state index contributed by atoms with van der Waals surface area (Å²) in [4.78, 5) is 10.9. The predicted molar refractivity (Wildman–Crippen MR) is 99.3 cm³/mol. The molecule has 2 nitrogen and oxygen atoms in total. The van der Waals surface area contributed by atoms with Gasteiger partial charge in [0.1, 0.15) is 17.3 Å². The molecule has 0 spiro atoms. The number of benzene rings is 1. The van der Waals surface area contributed by atoms with Crippen LogP contribution in [0.25, 0.3) is 0 Å². The van der Waals surface area contributed by atoms with Crippen LogP contribution >= 0.6 is 0 Å². The lowest BCUT2D eigenvalue weighted by Crippen LogP contribution is -1.90. The Morgan fingerprint density at radius 3 is 2.08 bits per heavy atom. The number of unbranched alkanes of at least 4 members (excludes halogenated alkanes) is 5. The summed E-state index contributed by atoms with van der Waals surface area (Å²) in [7, 11) is 0. The third-order valence-electron chi connectivity index (χ3n) is 4.42. The molecule has 0 saturated carbocycles. The Morgan fingerprint density at radius 1 is 0.750 bits per heavy atom. The Bertz CT molecular complexity index is 583. The van der Waals surface area contributed by atoms with Crippen LogP contribution in [0.1, 0.15) is 69.0 Å². The van der Waals surface area contributed by atoms with Gasteiger partial charge in [0, 0.05) is 19.3 Å². The molecule has 1 aromatic carbocycles. The molecule has 130 valence electrons. The van der Waals surface area contributed by atoms with Crippen molar-refractivity contribution in [1.82, 2.24) is 0 Å². The zero-order valence-electron chi connectivity index (χ0n) is 14.9. The second kappa shape index (κ2) is 10.9. The number of Topliss-reactive ketones (excluding diaryl/α,β-unsaturated/α-hetero) is 1. The van der Waals surface area contributed by atoms with Crippen LogP contribution in [0.5, 0.6) is 0 Å². The summed E-state index contributed by atoms with van der Waals surface area (Å²) in [6.07, 6.45) is 11.0. The monoisotopic (exact) mass is 326 g/mol. The first-order chi connectivity index (χ1) is 11.7. The van der Waals surface area contributed by atoms with E-state index in [-0.39, 0.29) is 0 Å². The molecular weight excluding hydrogens is 296 g/mol. The molecule has 0 bridgehead atoms. The van der Waals surface area contributed by atoms with Crippen molar-refractivity contribution in [3.63, 3.8) is 0 Å². The summed E-state index contributed by atoms with van der Waals surface area (Å²) in [5.74, 6) is 2.53. The highest BCUT2D eigenvalue weighted by molar-refractivity contribution is 5.75. The summed E-state index contributed by atoms with van der Waals surface area (Å²) in [5.41, 5.74) is 1.36.